The summed E-state index contributed by atoms with van der Waals surface area (Å²) in [5.74, 6) is 0.241. The van der Waals surface area contributed by atoms with Crippen molar-refractivity contribution >= 4 is 6.09 Å². The lowest BCUT2D eigenvalue weighted by Gasteiger charge is -2.38. The van der Waals surface area contributed by atoms with E-state index in [-0.39, 0.29) is 31.1 Å². The van der Waals surface area contributed by atoms with Gasteiger partial charge in [-0.2, -0.15) is 0 Å². The van der Waals surface area contributed by atoms with E-state index in [2.05, 4.69) is 4.98 Å². The molecule has 2 rings (SSSR count). The van der Waals surface area contributed by atoms with Gasteiger partial charge in [-0.25, -0.2) is 9.78 Å². The molecular formula is C18H28N2O5. The van der Waals surface area contributed by atoms with Crippen LogP contribution < -0.4 is 4.74 Å². The minimum atomic E-state index is -0.555. The number of hydrogen-bond acceptors (Lipinski definition) is 6. The molecule has 0 aromatic carbocycles. The largest absolute Gasteiger partial charge is 0.481 e. The van der Waals surface area contributed by atoms with Gasteiger partial charge < -0.3 is 24.6 Å². The fourth-order valence-electron chi connectivity index (χ4n) is 3.12. The number of aromatic nitrogens is 1. The van der Waals surface area contributed by atoms with Crippen LogP contribution in [0, 0.1) is 5.92 Å². The fourth-order valence-corrected chi connectivity index (χ4v) is 3.12. The lowest BCUT2D eigenvalue weighted by molar-refractivity contribution is 0.00980. The summed E-state index contributed by atoms with van der Waals surface area (Å²) in [6.45, 7) is 6.18. The summed E-state index contributed by atoms with van der Waals surface area (Å²) in [7, 11) is 1.54. The summed E-state index contributed by atoms with van der Waals surface area (Å²) >= 11 is 0. The Balaban J connectivity index is 2.19. The van der Waals surface area contributed by atoms with Crippen LogP contribution in [0.4, 0.5) is 4.79 Å². The number of aliphatic hydroxyl groups is 2. The highest BCUT2D eigenvalue weighted by Crippen LogP contribution is 2.35. The number of carbonyl (C=O) groups excluding carboxylic acids is 1. The summed E-state index contributed by atoms with van der Waals surface area (Å²) in [5.41, 5.74) is 0.890. The third-order valence-electron chi connectivity index (χ3n) is 4.34. The molecule has 1 aromatic heterocycles. The summed E-state index contributed by atoms with van der Waals surface area (Å²) in [4.78, 5) is 18.4. The van der Waals surface area contributed by atoms with Gasteiger partial charge in [-0.15, -0.1) is 0 Å². The van der Waals surface area contributed by atoms with Gasteiger partial charge in [-0.1, -0.05) is 0 Å². The molecule has 7 nitrogen and oxygen atoms in total. The Morgan fingerprint density at radius 1 is 1.36 bits per heavy atom. The minimum absolute atomic E-state index is 0.0547. The lowest BCUT2D eigenvalue weighted by Crippen LogP contribution is -2.46. The lowest BCUT2D eigenvalue weighted by atomic mass is 9.82. The molecule has 2 atom stereocenters. The number of nitrogens with zero attached hydrogens (tertiary/aromatic N) is 2. The number of rotatable bonds is 4. The second-order valence-electron chi connectivity index (χ2n) is 7.32. The molecule has 2 N–H and O–H groups in total. The van der Waals surface area contributed by atoms with E-state index in [0.29, 0.717) is 25.4 Å². The van der Waals surface area contributed by atoms with E-state index >= 15 is 0 Å². The highest BCUT2D eigenvalue weighted by molar-refractivity contribution is 5.68. The summed E-state index contributed by atoms with van der Waals surface area (Å²) in [6, 6.07) is 3.49. The number of pyridine rings is 1. The Morgan fingerprint density at radius 3 is 2.64 bits per heavy atom. The number of ether oxygens (including phenoxy) is 2. The van der Waals surface area contributed by atoms with E-state index in [1.54, 1.807) is 24.1 Å². The van der Waals surface area contributed by atoms with Crippen LogP contribution in [0.15, 0.2) is 12.1 Å². The van der Waals surface area contributed by atoms with Crippen LogP contribution in [0.25, 0.3) is 0 Å². The van der Waals surface area contributed by atoms with Gasteiger partial charge in [0.25, 0.3) is 0 Å². The highest BCUT2D eigenvalue weighted by atomic mass is 16.6. The van der Waals surface area contributed by atoms with Crippen LogP contribution >= 0.6 is 0 Å². The second kappa shape index (κ2) is 8.01. The van der Waals surface area contributed by atoms with Crippen molar-refractivity contribution in [3.63, 3.8) is 0 Å². The molecule has 2 unspecified atom stereocenters. The monoisotopic (exact) mass is 352 g/mol. The molecule has 7 heteroatoms. The zero-order valence-corrected chi connectivity index (χ0v) is 15.4. The fraction of sp³-hybridized carbons (Fsp3) is 0.667. The Kier molecular flexibility index (Phi) is 6.24. The topological polar surface area (TPSA) is 92.1 Å². The van der Waals surface area contributed by atoms with Crippen LogP contribution in [0.1, 0.15) is 44.4 Å². The number of piperidine rings is 1. The molecule has 1 aliphatic rings. The van der Waals surface area contributed by atoms with Gasteiger partial charge in [0, 0.05) is 37.6 Å². The number of amides is 1. The van der Waals surface area contributed by atoms with Gasteiger partial charge >= 0.3 is 6.09 Å². The van der Waals surface area contributed by atoms with Gasteiger partial charge in [0.2, 0.25) is 5.88 Å². The maximum absolute atomic E-state index is 12.3. The molecule has 0 radical (unpaired) electrons. The van der Waals surface area contributed by atoms with E-state index in [9.17, 15) is 15.0 Å². The number of methoxy groups -OCH3 is 1. The van der Waals surface area contributed by atoms with Gasteiger partial charge in [0.05, 0.1) is 19.4 Å². The van der Waals surface area contributed by atoms with E-state index in [1.165, 1.54) is 0 Å². The van der Waals surface area contributed by atoms with Crippen molar-refractivity contribution < 1.29 is 24.5 Å². The SMILES string of the molecule is COc1ccc(CO)c(C2CCN(C(=O)OC(C)(C)C)CC2CO)n1. The molecule has 2 heterocycles. The van der Waals surface area contributed by atoms with Crippen molar-refractivity contribution in [2.45, 2.75) is 45.3 Å². The smallest absolute Gasteiger partial charge is 0.410 e. The van der Waals surface area contributed by atoms with Crippen LogP contribution in [-0.2, 0) is 11.3 Å². The molecule has 0 aliphatic carbocycles. The quantitative estimate of drug-likeness (QED) is 0.860. The first kappa shape index (κ1) is 19.5. The summed E-state index contributed by atoms with van der Waals surface area (Å²) in [5, 5.41) is 19.5. The molecule has 0 saturated carbocycles. The Bertz CT molecular complexity index is 600. The predicted molar refractivity (Wildman–Crippen MR) is 92.5 cm³/mol. The molecule has 1 aliphatic heterocycles. The number of likely N-dealkylation sites (tertiary alicyclic amines) is 1. The molecule has 1 saturated heterocycles. The zero-order valence-electron chi connectivity index (χ0n) is 15.4. The average molecular weight is 352 g/mol. The Labute approximate surface area is 148 Å². The summed E-state index contributed by atoms with van der Waals surface area (Å²) in [6.07, 6.45) is 0.267. The van der Waals surface area contributed by atoms with Crippen LogP contribution in [-0.4, -0.2) is 58.6 Å². The molecule has 140 valence electrons. The first-order chi connectivity index (χ1) is 11.8. The van der Waals surface area contributed by atoms with E-state index in [4.69, 9.17) is 9.47 Å². The maximum atomic E-state index is 12.3. The Hall–Kier alpha value is -1.86. The molecule has 0 spiro atoms. The highest BCUT2D eigenvalue weighted by Gasteiger charge is 2.35. The first-order valence-electron chi connectivity index (χ1n) is 8.52. The number of aliphatic hydroxyl groups excluding tert-OH is 2. The van der Waals surface area contributed by atoms with E-state index in [1.807, 2.05) is 20.8 Å². The van der Waals surface area contributed by atoms with Gasteiger partial charge in [0.15, 0.2) is 0 Å². The van der Waals surface area contributed by atoms with Crippen molar-refractivity contribution in [2.24, 2.45) is 5.92 Å². The molecule has 1 fully saturated rings. The zero-order chi connectivity index (χ0) is 18.6. The molecular weight excluding hydrogens is 324 g/mol. The van der Waals surface area contributed by atoms with Crippen LogP contribution in [0.2, 0.25) is 0 Å². The third kappa shape index (κ3) is 4.83. The van der Waals surface area contributed by atoms with Crippen LogP contribution in [0.3, 0.4) is 0 Å². The molecule has 0 bridgehead atoms. The second-order valence-corrected chi connectivity index (χ2v) is 7.32. The van der Waals surface area contributed by atoms with Crippen molar-refractivity contribution in [3.05, 3.63) is 23.4 Å². The van der Waals surface area contributed by atoms with E-state index < -0.39 is 5.60 Å². The first-order valence-corrected chi connectivity index (χ1v) is 8.52. The van der Waals surface area contributed by atoms with Gasteiger partial charge in [0.1, 0.15) is 5.60 Å². The number of hydrogen-bond donors (Lipinski definition) is 2. The molecule has 25 heavy (non-hydrogen) atoms. The van der Waals surface area contributed by atoms with Crippen LogP contribution in [0.5, 0.6) is 5.88 Å². The normalized spacial score (nSPS) is 21.1. The average Bonchev–Trinajstić information content (AvgIpc) is 2.59. The predicted octanol–water partition coefficient (Wildman–Crippen LogP) is 1.92. The van der Waals surface area contributed by atoms with Gasteiger partial charge in [-0.05, 0) is 38.8 Å². The van der Waals surface area contributed by atoms with Crippen molar-refractivity contribution in [1.82, 2.24) is 9.88 Å². The standard InChI is InChI=1S/C18H28N2O5/c1-18(2,3)25-17(23)20-8-7-14(13(9-20)11-22)16-12(10-21)5-6-15(19-16)24-4/h5-6,13-14,21-22H,7-11H2,1-4H3. The molecule has 1 aromatic rings. The molecule has 1 amide bonds. The van der Waals surface area contributed by atoms with Crippen molar-refractivity contribution in [2.75, 3.05) is 26.8 Å². The van der Waals surface area contributed by atoms with Crippen molar-refractivity contribution in [1.29, 1.82) is 0 Å². The minimum Gasteiger partial charge on any atom is -0.481 e. The van der Waals surface area contributed by atoms with Gasteiger partial charge in [-0.3, -0.25) is 0 Å². The Morgan fingerprint density at radius 2 is 2.08 bits per heavy atom. The van der Waals surface area contributed by atoms with E-state index in [0.717, 1.165) is 11.3 Å². The number of carbonyl (C=O) groups is 1. The third-order valence-corrected chi connectivity index (χ3v) is 4.34. The summed E-state index contributed by atoms with van der Waals surface area (Å²) < 4.78 is 10.6. The van der Waals surface area contributed by atoms with Crippen molar-refractivity contribution in [3.8, 4) is 5.88 Å². The maximum Gasteiger partial charge on any atom is 0.410 e.